The first-order valence-electron chi connectivity index (χ1n) is 19.3. The molecule has 12 aromatic rings. The largest absolute Gasteiger partial charge is 0.456 e. The van der Waals surface area contributed by atoms with Gasteiger partial charge in [-0.1, -0.05) is 115 Å². The average molecular weight is 745 g/mol. The van der Waals surface area contributed by atoms with Crippen LogP contribution in [0.5, 0.6) is 0 Å². The van der Waals surface area contributed by atoms with Crippen molar-refractivity contribution in [3.63, 3.8) is 0 Å². The Morgan fingerprint density at radius 2 is 0.966 bits per heavy atom. The van der Waals surface area contributed by atoms with Crippen LogP contribution in [-0.2, 0) is 0 Å². The fraction of sp³-hybridized carbons (Fsp3) is 0. The van der Waals surface area contributed by atoms with Gasteiger partial charge in [-0.3, -0.25) is 0 Å². The Bertz CT molecular complexity index is 3510. The normalized spacial score (nSPS) is 11.9. The predicted molar refractivity (Wildman–Crippen MR) is 237 cm³/mol. The molecule has 0 radical (unpaired) electrons. The molecule has 272 valence electrons. The summed E-state index contributed by atoms with van der Waals surface area (Å²) >= 11 is 0. The lowest BCUT2D eigenvalue weighted by Crippen LogP contribution is -2.03. The van der Waals surface area contributed by atoms with Crippen molar-refractivity contribution >= 4 is 71.2 Å². The number of rotatable bonds is 5. The van der Waals surface area contributed by atoms with Gasteiger partial charge in [-0.05, 0) is 66.7 Å². The van der Waals surface area contributed by atoms with Crippen molar-refractivity contribution in [2.24, 2.45) is 0 Å². The number of benzene rings is 8. The summed E-state index contributed by atoms with van der Waals surface area (Å²) in [7, 11) is 0. The molecule has 4 heterocycles. The van der Waals surface area contributed by atoms with Crippen LogP contribution < -0.4 is 5.73 Å². The highest BCUT2D eigenvalue weighted by molar-refractivity contribution is 6.26. The summed E-state index contributed by atoms with van der Waals surface area (Å²) in [6.45, 7) is 0. The van der Waals surface area contributed by atoms with Crippen LogP contribution in [-0.4, -0.2) is 24.1 Å². The van der Waals surface area contributed by atoms with Crippen LogP contribution in [0.2, 0.25) is 0 Å². The molecule has 12 rings (SSSR count). The monoisotopic (exact) mass is 744 g/mol. The topological polar surface area (TPSA) is 87.7 Å². The summed E-state index contributed by atoms with van der Waals surface area (Å²) in [5.74, 6) is 1.76. The smallest absolute Gasteiger partial charge is 0.164 e. The van der Waals surface area contributed by atoms with E-state index in [9.17, 15) is 0 Å². The minimum atomic E-state index is 0.553. The van der Waals surface area contributed by atoms with Gasteiger partial charge in [0, 0.05) is 49.3 Å². The zero-order valence-corrected chi connectivity index (χ0v) is 31.0. The third-order valence-corrected chi connectivity index (χ3v) is 11.3. The van der Waals surface area contributed by atoms with Crippen molar-refractivity contribution in [1.82, 2.24) is 24.1 Å². The van der Waals surface area contributed by atoms with Crippen molar-refractivity contribution in [3.8, 4) is 45.5 Å². The molecule has 0 atom stereocenters. The zero-order valence-electron chi connectivity index (χ0n) is 31.0. The minimum Gasteiger partial charge on any atom is -0.456 e. The Labute approximate surface area is 331 Å². The molecule has 0 fully saturated rings. The highest BCUT2D eigenvalue weighted by Gasteiger charge is 2.22. The Hall–Kier alpha value is -8.03. The van der Waals surface area contributed by atoms with Crippen LogP contribution in [0.4, 0.5) is 5.69 Å². The second kappa shape index (κ2) is 12.5. The maximum absolute atomic E-state index is 7.10. The third-order valence-electron chi connectivity index (χ3n) is 11.3. The molecule has 0 saturated carbocycles. The fourth-order valence-electron chi connectivity index (χ4n) is 8.72. The van der Waals surface area contributed by atoms with Gasteiger partial charge in [-0.15, -0.1) is 0 Å². The van der Waals surface area contributed by atoms with E-state index in [1.807, 2.05) is 66.7 Å². The molecular formula is C51H32N6O. The number of para-hydroxylation sites is 3. The third kappa shape index (κ3) is 4.83. The predicted octanol–water partition coefficient (Wildman–Crippen LogP) is 12.5. The van der Waals surface area contributed by atoms with E-state index in [2.05, 4.69) is 124 Å². The molecule has 0 spiro atoms. The number of nitrogens with two attached hydrogens (primary N) is 1. The maximum Gasteiger partial charge on any atom is 0.164 e. The highest BCUT2D eigenvalue weighted by Crippen LogP contribution is 2.44. The van der Waals surface area contributed by atoms with Gasteiger partial charge in [0.25, 0.3) is 0 Å². The molecule has 0 aliphatic heterocycles. The van der Waals surface area contributed by atoms with Crippen LogP contribution in [0.25, 0.3) is 111 Å². The SMILES string of the molecule is Nc1cc(-c2nc(-c3ccccc3)nc(-c3ccccc3)n2)ccc1-n1c2ccccc2c2cc3oc4ccc5c6ccccc6n(-c6ccccc6)c5c4c3cc21. The standard InChI is InChI=1S/C51H32N6O/c52-40-28-33(51-54-49(31-14-4-1-5-15-31)53-50(55-51)32-16-6-2-7-17-32)24-26-43(40)57-42-23-13-11-21-36(42)38-30-46-39(29-44(38)57)47-45(58-46)27-25-37-35-20-10-12-22-41(35)56(48(37)47)34-18-8-3-9-19-34/h1-30H,52H2. The first-order valence-corrected chi connectivity index (χ1v) is 19.3. The molecule has 8 aromatic carbocycles. The Balaban J connectivity index is 1.09. The second-order valence-corrected chi connectivity index (χ2v) is 14.7. The maximum atomic E-state index is 7.10. The second-order valence-electron chi connectivity index (χ2n) is 14.7. The number of hydrogen-bond donors (Lipinski definition) is 1. The van der Waals surface area contributed by atoms with Gasteiger partial charge in [0.05, 0.1) is 38.8 Å². The molecule has 0 bridgehead atoms. The Morgan fingerprint density at radius 1 is 0.397 bits per heavy atom. The summed E-state index contributed by atoms with van der Waals surface area (Å²) in [5, 5.41) is 6.70. The molecule has 0 unspecified atom stereocenters. The number of furan rings is 1. The number of aromatic nitrogens is 5. The molecule has 0 amide bonds. The molecular weight excluding hydrogens is 713 g/mol. The number of nitrogens with zero attached hydrogens (tertiary/aromatic N) is 5. The molecule has 0 aliphatic carbocycles. The van der Waals surface area contributed by atoms with E-state index >= 15 is 0 Å². The van der Waals surface area contributed by atoms with Gasteiger partial charge >= 0.3 is 0 Å². The fourth-order valence-corrected chi connectivity index (χ4v) is 8.72. The van der Waals surface area contributed by atoms with Gasteiger partial charge in [0.2, 0.25) is 0 Å². The van der Waals surface area contributed by atoms with Crippen molar-refractivity contribution < 1.29 is 4.42 Å². The molecule has 58 heavy (non-hydrogen) atoms. The van der Waals surface area contributed by atoms with Crippen LogP contribution in [0.3, 0.4) is 0 Å². The quantitative estimate of drug-likeness (QED) is 0.177. The van der Waals surface area contributed by atoms with Crippen LogP contribution in [0.15, 0.2) is 186 Å². The average Bonchev–Trinajstić information content (AvgIpc) is 3.93. The first-order chi connectivity index (χ1) is 28.7. The Morgan fingerprint density at radius 3 is 1.62 bits per heavy atom. The summed E-state index contributed by atoms with van der Waals surface area (Å²) in [4.78, 5) is 14.8. The molecule has 2 N–H and O–H groups in total. The summed E-state index contributed by atoms with van der Waals surface area (Å²) in [5.41, 5.74) is 18.3. The van der Waals surface area contributed by atoms with E-state index in [1.165, 1.54) is 10.8 Å². The molecule has 7 heteroatoms. The number of hydrogen-bond acceptors (Lipinski definition) is 5. The molecule has 7 nitrogen and oxygen atoms in total. The van der Waals surface area contributed by atoms with Gasteiger partial charge in [0.1, 0.15) is 11.2 Å². The highest BCUT2D eigenvalue weighted by atomic mass is 16.3. The molecule has 0 aliphatic rings. The summed E-state index contributed by atoms with van der Waals surface area (Å²) in [6.07, 6.45) is 0. The van der Waals surface area contributed by atoms with Crippen LogP contribution >= 0.6 is 0 Å². The van der Waals surface area contributed by atoms with E-state index < -0.39 is 0 Å². The molecule has 0 saturated heterocycles. The first kappa shape index (κ1) is 32.2. The van der Waals surface area contributed by atoms with E-state index in [0.717, 1.165) is 82.8 Å². The van der Waals surface area contributed by atoms with Crippen molar-refractivity contribution in [2.45, 2.75) is 0 Å². The molecule has 4 aromatic heterocycles. The number of fused-ring (bicyclic) bond motifs is 10. The van der Waals surface area contributed by atoms with Crippen molar-refractivity contribution in [1.29, 1.82) is 0 Å². The lowest BCUT2D eigenvalue weighted by atomic mass is 10.1. The lowest BCUT2D eigenvalue weighted by Gasteiger charge is -2.13. The van der Waals surface area contributed by atoms with Crippen LogP contribution in [0.1, 0.15) is 0 Å². The van der Waals surface area contributed by atoms with Gasteiger partial charge in [-0.25, -0.2) is 15.0 Å². The summed E-state index contributed by atoms with van der Waals surface area (Å²) in [6, 6.07) is 62.5. The van der Waals surface area contributed by atoms with E-state index in [0.29, 0.717) is 23.2 Å². The van der Waals surface area contributed by atoms with E-state index in [-0.39, 0.29) is 0 Å². The van der Waals surface area contributed by atoms with Gasteiger partial charge < -0.3 is 19.3 Å². The van der Waals surface area contributed by atoms with Crippen molar-refractivity contribution in [3.05, 3.63) is 182 Å². The zero-order chi connectivity index (χ0) is 38.3. The summed E-state index contributed by atoms with van der Waals surface area (Å²) < 4.78 is 11.4. The minimum absolute atomic E-state index is 0.553. The van der Waals surface area contributed by atoms with Gasteiger partial charge in [-0.2, -0.15) is 0 Å². The lowest BCUT2D eigenvalue weighted by molar-refractivity contribution is 0.669. The van der Waals surface area contributed by atoms with Gasteiger partial charge in [0.15, 0.2) is 17.5 Å². The van der Waals surface area contributed by atoms with E-state index in [1.54, 1.807) is 0 Å². The van der Waals surface area contributed by atoms with Crippen LogP contribution in [0, 0.1) is 0 Å². The number of anilines is 1. The van der Waals surface area contributed by atoms with Crippen molar-refractivity contribution in [2.75, 3.05) is 5.73 Å². The van der Waals surface area contributed by atoms with E-state index in [4.69, 9.17) is 25.1 Å². The Kier molecular flexibility index (Phi) is 6.94. The number of nitrogen functional groups attached to an aromatic ring is 1.